The van der Waals surface area contributed by atoms with E-state index in [9.17, 15) is 4.79 Å². The lowest BCUT2D eigenvalue weighted by Crippen LogP contribution is -2.54. The highest BCUT2D eigenvalue weighted by Gasteiger charge is 2.60. The molecule has 1 heterocycles. The number of hydrogen-bond donors (Lipinski definition) is 0. The Balaban J connectivity index is 1.30. The molecule has 0 saturated heterocycles. The van der Waals surface area contributed by atoms with Crippen molar-refractivity contribution in [2.45, 2.75) is 78.6 Å². The molecule has 4 saturated carbocycles. The Bertz CT molecular complexity index is 778. The molecule has 4 aliphatic carbocycles. The standard InChI is InChI=1S/C27H39NO2/c1-18(17-30-25-6-4-5-15-28-25)22-9-10-23-21-8-7-19-16-20(29)11-13-26(19,2)24(21)12-14-27(22,23)3/h4-6,15,18-19,21-24H,7-14,16-17H2,1-3H3/t18-,19+,21?,22?,23?,24?,26?,27?/m1/s1. The summed E-state index contributed by atoms with van der Waals surface area (Å²) in [7, 11) is 0. The first kappa shape index (κ1) is 20.5. The molecule has 30 heavy (non-hydrogen) atoms. The van der Waals surface area contributed by atoms with Gasteiger partial charge in [-0.3, -0.25) is 4.79 Å². The van der Waals surface area contributed by atoms with Crippen molar-refractivity contribution in [3.63, 3.8) is 0 Å². The summed E-state index contributed by atoms with van der Waals surface area (Å²) in [6.45, 7) is 8.35. The molecular formula is C27H39NO2. The van der Waals surface area contributed by atoms with Crippen molar-refractivity contribution in [2.75, 3.05) is 6.61 Å². The Kier molecular flexibility index (Phi) is 5.22. The number of hydrogen-bond acceptors (Lipinski definition) is 3. The minimum absolute atomic E-state index is 0.421. The van der Waals surface area contributed by atoms with Gasteiger partial charge in [-0.05, 0) is 97.3 Å². The van der Waals surface area contributed by atoms with Crippen molar-refractivity contribution in [3.8, 4) is 5.88 Å². The van der Waals surface area contributed by atoms with Gasteiger partial charge in [0.05, 0.1) is 6.61 Å². The van der Waals surface area contributed by atoms with Crippen LogP contribution in [0.1, 0.15) is 78.6 Å². The molecule has 3 nitrogen and oxygen atoms in total. The molecule has 1 aromatic heterocycles. The van der Waals surface area contributed by atoms with Gasteiger partial charge in [-0.25, -0.2) is 4.98 Å². The minimum atomic E-state index is 0.421. The number of carbonyl (C=O) groups is 1. The summed E-state index contributed by atoms with van der Waals surface area (Å²) in [5, 5.41) is 0. The zero-order valence-electron chi connectivity index (χ0n) is 19.1. The van der Waals surface area contributed by atoms with E-state index >= 15 is 0 Å². The van der Waals surface area contributed by atoms with Crippen molar-refractivity contribution >= 4 is 5.78 Å². The second kappa shape index (κ2) is 7.64. The summed E-state index contributed by atoms with van der Waals surface area (Å²) < 4.78 is 6.07. The maximum atomic E-state index is 12.1. The second-order valence-corrected chi connectivity index (χ2v) is 11.6. The first-order valence-corrected chi connectivity index (χ1v) is 12.5. The lowest BCUT2D eigenvalue weighted by atomic mass is 9.44. The predicted molar refractivity (Wildman–Crippen MR) is 119 cm³/mol. The molecule has 8 atom stereocenters. The van der Waals surface area contributed by atoms with E-state index in [2.05, 4.69) is 25.8 Å². The number of aromatic nitrogens is 1. The number of carbonyl (C=O) groups excluding carboxylic acids is 1. The Morgan fingerprint density at radius 3 is 2.70 bits per heavy atom. The van der Waals surface area contributed by atoms with Gasteiger partial charge < -0.3 is 4.74 Å². The van der Waals surface area contributed by atoms with Crippen LogP contribution in [-0.2, 0) is 4.79 Å². The number of fused-ring (bicyclic) bond motifs is 5. The monoisotopic (exact) mass is 409 g/mol. The summed E-state index contributed by atoms with van der Waals surface area (Å²) in [5.41, 5.74) is 0.881. The third kappa shape index (κ3) is 3.22. The average molecular weight is 410 g/mol. The van der Waals surface area contributed by atoms with Crippen LogP contribution in [0.2, 0.25) is 0 Å². The number of Topliss-reactive ketones (excluding diaryl/α,β-unsaturated/α-hetero) is 1. The maximum Gasteiger partial charge on any atom is 0.213 e. The molecule has 4 aliphatic rings. The molecule has 0 aromatic carbocycles. The Morgan fingerprint density at radius 1 is 1.07 bits per heavy atom. The Morgan fingerprint density at radius 2 is 1.90 bits per heavy atom. The SMILES string of the molecule is C[C@H](COc1ccccn1)C1CCC2C3CC[C@H]4CC(=O)CCC4(C)C3CCC21C. The van der Waals surface area contributed by atoms with E-state index in [0.29, 0.717) is 28.4 Å². The largest absolute Gasteiger partial charge is 0.477 e. The van der Waals surface area contributed by atoms with Crippen molar-refractivity contribution in [3.05, 3.63) is 24.4 Å². The fourth-order valence-corrected chi connectivity index (χ4v) is 8.79. The lowest BCUT2D eigenvalue weighted by Gasteiger charge is -2.60. The van der Waals surface area contributed by atoms with Gasteiger partial charge in [-0.1, -0.05) is 26.8 Å². The van der Waals surface area contributed by atoms with Crippen LogP contribution in [0.25, 0.3) is 0 Å². The van der Waals surface area contributed by atoms with Crippen LogP contribution in [0.3, 0.4) is 0 Å². The molecule has 0 radical (unpaired) electrons. The molecule has 5 rings (SSSR count). The highest BCUT2D eigenvalue weighted by Crippen LogP contribution is 2.68. The van der Waals surface area contributed by atoms with E-state index in [-0.39, 0.29) is 0 Å². The number of nitrogens with zero attached hydrogens (tertiary/aromatic N) is 1. The fraction of sp³-hybridized carbons (Fsp3) is 0.778. The van der Waals surface area contributed by atoms with E-state index in [4.69, 9.17) is 4.74 Å². The zero-order chi connectivity index (χ0) is 20.9. The second-order valence-electron chi connectivity index (χ2n) is 11.6. The van der Waals surface area contributed by atoms with Gasteiger partial charge in [-0.15, -0.1) is 0 Å². The van der Waals surface area contributed by atoms with E-state index in [1.807, 2.05) is 24.4 Å². The molecule has 164 valence electrons. The molecule has 4 fully saturated rings. The number of ether oxygens (including phenoxy) is 1. The smallest absolute Gasteiger partial charge is 0.213 e. The molecule has 0 amide bonds. The molecule has 0 spiro atoms. The van der Waals surface area contributed by atoms with E-state index in [0.717, 1.165) is 55.4 Å². The molecule has 0 N–H and O–H groups in total. The van der Waals surface area contributed by atoms with E-state index < -0.39 is 0 Å². The van der Waals surface area contributed by atoms with Crippen LogP contribution < -0.4 is 4.74 Å². The Labute approximate surface area is 182 Å². The van der Waals surface area contributed by atoms with Gasteiger partial charge in [0.2, 0.25) is 5.88 Å². The minimum Gasteiger partial charge on any atom is -0.477 e. The number of rotatable bonds is 4. The fourth-order valence-electron chi connectivity index (χ4n) is 8.79. The van der Waals surface area contributed by atoms with E-state index in [1.54, 1.807) is 0 Å². The van der Waals surface area contributed by atoms with Gasteiger partial charge in [0.25, 0.3) is 0 Å². The summed E-state index contributed by atoms with van der Waals surface area (Å²) >= 11 is 0. The van der Waals surface area contributed by atoms with Gasteiger partial charge in [0.15, 0.2) is 0 Å². The zero-order valence-corrected chi connectivity index (χ0v) is 19.1. The van der Waals surface area contributed by atoms with Crippen molar-refractivity contribution in [1.29, 1.82) is 0 Å². The highest BCUT2D eigenvalue weighted by molar-refractivity contribution is 5.79. The van der Waals surface area contributed by atoms with Crippen LogP contribution in [0.4, 0.5) is 0 Å². The lowest BCUT2D eigenvalue weighted by molar-refractivity contribution is -0.140. The quantitative estimate of drug-likeness (QED) is 0.584. The van der Waals surface area contributed by atoms with Gasteiger partial charge in [0, 0.05) is 25.1 Å². The highest BCUT2D eigenvalue weighted by atomic mass is 16.5. The summed E-state index contributed by atoms with van der Waals surface area (Å²) in [5.74, 6) is 5.86. The first-order valence-electron chi connectivity index (χ1n) is 12.5. The summed E-state index contributed by atoms with van der Waals surface area (Å²) in [4.78, 5) is 16.5. The summed E-state index contributed by atoms with van der Waals surface area (Å²) in [6, 6.07) is 5.90. The number of pyridine rings is 1. The molecule has 1 aromatic rings. The Hall–Kier alpha value is -1.38. The third-order valence-corrected chi connectivity index (χ3v) is 10.4. The van der Waals surface area contributed by atoms with Crippen LogP contribution in [0, 0.1) is 46.3 Å². The normalized spacial score (nSPS) is 44.0. The van der Waals surface area contributed by atoms with Gasteiger partial charge in [-0.2, -0.15) is 0 Å². The van der Waals surface area contributed by atoms with Crippen LogP contribution >= 0.6 is 0 Å². The topological polar surface area (TPSA) is 39.2 Å². The van der Waals surface area contributed by atoms with Crippen LogP contribution in [0.5, 0.6) is 5.88 Å². The van der Waals surface area contributed by atoms with Crippen molar-refractivity contribution in [2.24, 2.45) is 46.3 Å². The molecule has 6 unspecified atom stereocenters. The number of ketones is 1. The summed E-state index contributed by atoms with van der Waals surface area (Å²) in [6.07, 6.45) is 12.8. The predicted octanol–water partition coefficient (Wildman–Crippen LogP) is 6.32. The first-order chi connectivity index (χ1) is 14.4. The van der Waals surface area contributed by atoms with Crippen LogP contribution in [0.15, 0.2) is 24.4 Å². The molecular weight excluding hydrogens is 370 g/mol. The van der Waals surface area contributed by atoms with E-state index in [1.165, 1.54) is 38.5 Å². The van der Waals surface area contributed by atoms with Gasteiger partial charge in [0.1, 0.15) is 5.78 Å². The molecule has 3 heteroatoms. The molecule has 0 aliphatic heterocycles. The molecule has 0 bridgehead atoms. The van der Waals surface area contributed by atoms with Crippen molar-refractivity contribution in [1.82, 2.24) is 4.98 Å². The third-order valence-electron chi connectivity index (χ3n) is 10.4. The van der Waals surface area contributed by atoms with Gasteiger partial charge >= 0.3 is 0 Å². The van der Waals surface area contributed by atoms with Crippen LogP contribution in [-0.4, -0.2) is 17.4 Å². The average Bonchev–Trinajstić information content (AvgIpc) is 3.10. The maximum absolute atomic E-state index is 12.1. The van der Waals surface area contributed by atoms with Crippen molar-refractivity contribution < 1.29 is 9.53 Å².